The molecule has 0 aliphatic heterocycles. The van der Waals surface area contributed by atoms with Gasteiger partial charge in [-0.05, 0) is 73.4 Å². The number of carbonyl (C=O) groups is 2. The van der Waals surface area contributed by atoms with Gasteiger partial charge in [0, 0.05) is 23.1 Å². The molecule has 2 amide bonds. The number of anilines is 1. The van der Waals surface area contributed by atoms with Crippen molar-refractivity contribution in [3.05, 3.63) is 94.0 Å². The fraction of sp³-hybridized carbons (Fsp3) is 0.310. The standard InChI is InChI=1S/C29H33Cl2N3O4S/c1-4-17-32-29(36)26(5-2)33(19-22-11-13-23(30)14-12-22)28(35)20-34(27-16-15-24(31)18-21(27)3)39(37,38)25-9-7-6-8-10-25/h6-16,18,26H,4-5,17,19-20H2,1-3H3,(H,32,36)/t26-/m1/s1. The average molecular weight is 591 g/mol. The number of aryl methyl sites for hydroxylation is 1. The first-order chi connectivity index (χ1) is 18.6. The number of hydrogen-bond donors (Lipinski definition) is 1. The van der Waals surface area contributed by atoms with Crippen molar-refractivity contribution in [2.75, 3.05) is 17.4 Å². The number of benzene rings is 3. The lowest BCUT2D eigenvalue weighted by atomic mass is 10.1. The Kier molecular flexibility index (Phi) is 10.8. The highest BCUT2D eigenvalue weighted by Crippen LogP contribution is 2.29. The molecular weight excluding hydrogens is 557 g/mol. The Balaban J connectivity index is 2.07. The van der Waals surface area contributed by atoms with E-state index in [-0.39, 0.29) is 17.3 Å². The van der Waals surface area contributed by atoms with Gasteiger partial charge in [0.2, 0.25) is 11.8 Å². The van der Waals surface area contributed by atoms with Crippen LogP contribution in [0.4, 0.5) is 5.69 Å². The summed E-state index contributed by atoms with van der Waals surface area (Å²) in [5.74, 6) is -0.806. The Hall–Kier alpha value is -3.07. The molecule has 3 aromatic carbocycles. The number of nitrogens with one attached hydrogen (secondary N) is 1. The minimum atomic E-state index is -4.14. The van der Waals surface area contributed by atoms with Gasteiger partial charge in [-0.25, -0.2) is 8.42 Å². The molecule has 0 fully saturated rings. The van der Waals surface area contributed by atoms with Crippen molar-refractivity contribution in [1.29, 1.82) is 0 Å². The highest BCUT2D eigenvalue weighted by atomic mass is 35.5. The average Bonchev–Trinajstić information content (AvgIpc) is 2.92. The fourth-order valence-electron chi connectivity index (χ4n) is 4.20. The summed E-state index contributed by atoms with van der Waals surface area (Å²) in [6.45, 7) is 5.56. The Morgan fingerprint density at radius 2 is 1.56 bits per heavy atom. The molecule has 7 nitrogen and oxygen atoms in total. The van der Waals surface area contributed by atoms with Crippen LogP contribution in [0.25, 0.3) is 0 Å². The van der Waals surface area contributed by atoms with Crippen LogP contribution in [0.3, 0.4) is 0 Å². The zero-order chi connectivity index (χ0) is 28.6. The maximum atomic E-state index is 14.0. The highest BCUT2D eigenvalue weighted by Gasteiger charge is 2.34. The van der Waals surface area contributed by atoms with Crippen molar-refractivity contribution >= 4 is 50.7 Å². The van der Waals surface area contributed by atoms with Gasteiger partial charge in [-0.15, -0.1) is 0 Å². The van der Waals surface area contributed by atoms with Gasteiger partial charge in [0.05, 0.1) is 10.6 Å². The third-order valence-electron chi connectivity index (χ3n) is 6.24. The molecule has 0 aromatic heterocycles. The van der Waals surface area contributed by atoms with Gasteiger partial charge in [0.1, 0.15) is 12.6 Å². The Morgan fingerprint density at radius 1 is 0.923 bits per heavy atom. The second-order valence-corrected chi connectivity index (χ2v) is 11.9. The van der Waals surface area contributed by atoms with E-state index in [9.17, 15) is 18.0 Å². The molecule has 1 N–H and O–H groups in total. The fourth-order valence-corrected chi connectivity index (χ4v) is 6.06. The van der Waals surface area contributed by atoms with Crippen LogP contribution in [0.1, 0.15) is 37.8 Å². The van der Waals surface area contributed by atoms with Crippen LogP contribution in [-0.4, -0.2) is 44.3 Å². The summed E-state index contributed by atoms with van der Waals surface area (Å²) >= 11 is 12.2. The van der Waals surface area contributed by atoms with Gasteiger partial charge >= 0.3 is 0 Å². The first-order valence-electron chi connectivity index (χ1n) is 12.7. The van der Waals surface area contributed by atoms with E-state index < -0.39 is 28.5 Å². The van der Waals surface area contributed by atoms with Crippen LogP contribution in [0.15, 0.2) is 77.7 Å². The van der Waals surface area contributed by atoms with Crippen LogP contribution in [0.5, 0.6) is 0 Å². The molecule has 0 radical (unpaired) electrons. The summed E-state index contributed by atoms with van der Waals surface area (Å²) in [6, 6.07) is 18.9. The lowest BCUT2D eigenvalue weighted by molar-refractivity contribution is -0.140. The van der Waals surface area contributed by atoms with Crippen molar-refractivity contribution < 1.29 is 18.0 Å². The van der Waals surface area contributed by atoms with E-state index in [4.69, 9.17) is 23.2 Å². The number of sulfonamides is 1. The number of hydrogen-bond acceptors (Lipinski definition) is 4. The molecular formula is C29H33Cl2N3O4S. The normalized spacial score (nSPS) is 12.0. The van der Waals surface area contributed by atoms with E-state index in [1.165, 1.54) is 17.0 Å². The van der Waals surface area contributed by atoms with Gasteiger partial charge in [0.15, 0.2) is 0 Å². The Bertz CT molecular complexity index is 1380. The molecule has 3 rings (SSSR count). The second kappa shape index (κ2) is 13.8. The Morgan fingerprint density at radius 3 is 2.15 bits per heavy atom. The van der Waals surface area contributed by atoms with E-state index in [0.29, 0.717) is 34.3 Å². The summed E-state index contributed by atoms with van der Waals surface area (Å²) in [7, 11) is -4.14. The SMILES string of the molecule is CCCNC(=O)[C@@H](CC)N(Cc1ccc(Cl)cc1)C(=O)CN(c1ccc(Cl)cc1C)S(=O)(=O)c1ccccc1. The zero-order valence-corrected chi connectivity index (χ0v) is 24.6. The number of carbonyl (C=O) groups excluding carboxylic acids is 2. The maximum absolute atomic E-state index is 14.0. The van der Waals surface area contributed by atoms with Gasteiger partial charge in [-0.2, -0.15) is 0 Å². The van der Waals surface area contributed by atoms with Crippen LogP contribution in [-0.2, 0) is 26.2 Å². The molecule has 0 bridgehead atoms. The second-order valence-electron chi connectivity index (χ2n) is 9.12. The molecule has 0 spiro atoms. The Labute approximate surface area is 240 Å². The van der Waals surface area contributed by atoms with E-state index in [1.807, 2.05) is 13.8 Å². The molecule has 10 heteroatoms. The number of amides is 2. The van der Waals surface area contributed by atoms with E-state index in [2.05, 4.69) is 5.32 Å². The topological polar surface area (TPSA) is 86.8 Å². The van der Waals surface area contributed by atoms with Crippen molar-refractivity contribution in [3.63, 3.8) is 0 Å². The van der Waals surface area contributed by atoms with Gasteiger partial charge in [-0.3, -0.25) is 13.9 Å². The van der Waals surface area contributed by atoms with Crippen LogP contribution < -0.4 is 9.62 Å². The number of halogens is 2. The highest BCUT2D eigenvalue weighted by molar-refractivity contribution is 7.92. The van der Waals surface area contributed by atoms with Crippen LogP contribution >= 0.6 is 23.2 Å². The number of nitrogens with zero attached hydrogens (tertiary/aromatic N) is 2. The van der Waals surface area contributed by atoms with Crippen LogP contribution in [0.2, 0.25) is 10.0 Å². The van der Waals surface area contributed by atoms with Gasteiger partial charge in [0.25, 0.3) is 10.0 Å². The minimum Gasteiger partial charge on any atom is -0.354 e. The van der Waals surface area contributed by atoms with Gasteiger partial charge < -0.3 is 10.2 Å². The summed E-state index contributed by atoms with van der Waals surface area (Å²) in [5, 5.41) is 3.86. The smallest absolute Gasteiger partial charge is 0.264 e. The molecule has 0 heterocycles. The summed E-state index contributed by atoms with van der Waals surface area (Å²) in [4.78, 5) is 28.6. The third-order valence-corrected chi connectivity index (χ3v) is 8.50. The monoisotopic (exact) mass is 589 g/mol. The molecule has 39 heavy (non-hydrogen) atoms. The molecule has 208 valence electrons. The largest absolute Gasteiger partial charge is 0.354 e. The third kappa shape index (κ3) is 7.75. The summed E-state index contributed by atoms with van der Waals surface area (Å²) in [6.07, 6.45) is 1.09. The molecule has 0 saturated heterocycles. The maximum Gasteiger partial charge on any atom is 0.264 e. The first-order valence-corrected chi connectivity index (χ1v) is 14.9. The molecule has 0 aliphatic rings. The summed E-state index contributed by atoms with van der Waals surface area (Å²) < 4.78 is 28.8. The van der Waals surface area contributed by atoms with Crippen molar-refractivity contribution in [2.45, 2.75) is 51.1 Å². The quantitative estimate of drug-likeness (QED) is 0.288. The lowest BCUT2D eigenvalue weighted by Crippen LogP contribution is -2.52. The van der Waals surface area contributed by atoms with Crippen molar-refractivity contribution in [2.24, 2.45) is 0 Å². The minimum absolute atomic E-state index is 0.0455. The van der Waals surface area contributed by atoms with E-state index in [1.54, 1.807) is 67.6 Å². The van der Waals surface area contributed by atoms with Gasteiger partial charge in [-0.1, -0.05) is 67.4 Å². The molecule has 0 saturated carbocycles. The van der Waals surface area contributed by atoms with Crippen molar-refractivity contribution in [1.82, 2.24) is 10.2 Å². The van der Waals surface area contributed by atoms with E-state index in [0.717, 1.165) is 16.3 Å². The predicted octanol–water partition coefficient (Wildman–Crippen LogP) is 5.83. The molecule has 1 atom stereocenters. The predicted molar refractivity (Wildman–Crippen MR) is 157 cm³/mol. The lowest BCUT2D eigenvalue weighted by Gasteiger charge is -2.33. The summed E-state index contributed by atoms with van der Waals surface area (Å²) in [5.41, 5.74) is 1.67. The molecule has 0 unspecified atom stereocenters. The number of rotatable bonds is 12. The molecule has 0 aliphatic carbocycles. The van der Waals surface area contributed by atoms with Crippen LogP contribution in [0, 0.1) is 6.92 Å². The first kappa shape index (κ1) is 30.5. The van der Waals surface area contributed by atoms with Crippen molar-refractivity contribution in [3.8, 4) is 0 Å². The van der Waals surface area contributed by atoms with E-state index >= 15 is 0 Å². The molecule has 3 aromatic rings. The zero-order valence-electron chi connectivity index (χ0n) is 22.2.